The zero-order chi connectivity index (χ0) is 13.2. The Labute approximate surface area is 109 Å². The molecule has 6 nitrogen and oxygen atoms in total. The molecule has 1 heterocycles. The molecule has 0 unspecified atom stereocenters. The fourth-order valence-electron chi connectivity index (χ4n) is 1.29. The van der Waals surface area contributed by atoms with Crippen LogP contribution in [0.1, 0.15) is 5.56 Å². The molecule has 1 aromatic carbocycles. The number of nitrogens with one attached hydrogen (secondary N) is 2. The fraction of sp³-hybridized carbons (Fsp3) is 0.200. The predicted octanol–water partition coefficient (Wildman–Crippen LogP) is 1.64. The van der Waals surface area contributed by atoms with E-state index >= 15 is 0 Å². The number of hydrogen-bond acceptors (Lipinski definition) is 5. The monoisotopic (exact) mass is 284 g/mol. The molecule has 2 rings (SSSR count). The molecule has 1 aromatic heterocycles. The highest BCUT2D eigenvalue weighted by Gasteiger charge is 2.15. The number of nitrogens with zero attached hydrogens (tertiary/aromatic N) is 2. The van der Waals surface area contributed by atoms with Gasteiger partial charge in [-0.2, -0.15) is 4.98 Å². The Kier molecular flexibility index (Phi) is 3.58. The fourth-order valence-corrected chi connectivity index (χ4v) is 2.56. The third-order valence-electron chi connectivity index (χ3n) is 2.21. The Hall–Kier alpha value is -1.54. The number of aryl methyl sites for hydroxylation is 1. The van der Waals surface area contributed by atoms with E-state index in [1.807, 2.05) is 6.92 Å². The van der Waals surface area contributed by atoms with Gasteiger partial charge in [0.1, 0.15) is 0 Å². The molecule has 0 saturated heterocycles. The van der Waals surface area contributed by atoms with E-state index in [-0.39, 0.29) is 10.8 Å². The van der Waals surface area contributed by atoms with Crippen molar-refractivity contribution in [3.63, 3.8) is 0 Å². The number of H-pyrrole nitrogens is 1. The molecule has 0 fully saturated rings. The second-order valence-corrected chi connectivity index (χ2v) is 6.05. The highest BCUT2D eigenvalue weighted by Crippen LogP contribution is 2.15. The summed E-state index contributed by atoms with van der Waals surface area (Å²) in [5.74, 6) is 0.111. The molecule has 0 aliphatic heterocycles. The highest BCUT2D eigenvalue weighted by molar-refractivity contribution is 7.98. The van der Waals surface area contributed by atoms with Gasteiger partial charge in [-0.1, -0.05) is 29.5 Å². The molecular formula is C10H12N4O2S2. The van der Waals surface area contributed by atoms with E-state index in [1.165, 1.54) is 11.8 Å². The molecule has 0 amide bonds. The summed E-state index contributed by atoms with van der Waals surface area (Å²) in [6.45, 7) is 1.89. The topological polar surface area (TPSA) is 87.7 Å². The van der Waals surface area contributed by atoms with Crippen LogP contribution in [0.4, 0.5) is 5.95 Å². The Morgan fingerprint density at radius 1 is 1.28 bits per heavy atom. The molecule has 0 spiro atoms. The lowest BCUT2D eigenvalue weighted by Crippen LogP contribution is -2.13. The average molecular weight is 284 g/mol. The van der Waals surface area contributed by atoms with Crippen molar-refractivity contribution in [3.05, 3.63) is 29.8 Å². The molecule has 0 aliphatic rings. The molecule has 2 N–H and O–H groups in total. The minimum Gasteiger partial charge on any atom is -0.248 e. The van der Waals surface area contributed by atoms with Gasteiger partial charge in [-0.3, -0.25) is 0 Å². The van der Waals surface area contributed by atoms with Gasteiger partial charge in [-0.05, 0) is 25.3 Å². The van der Waals surface area contributed by atoms with Crippen molar-refractivity contribution in [2.45, 2.75) is 17.0 Å². The van der Waals surface area contributed by atoms with Crippen molar-refractivity contribution >= 4 is 27.7 Å². The van der Waals surface area contributed by atoms with E-state index < -0.39 is 10.0 Å². The first-order valence-electron chi connectivity index (χ1n) is 5.07. The van der Waals surface area contributed by atoms with Crippen molar-refractivity contribution in [1.82, 2.24) is 15.2 Å². The first kappa shape index (κ1) is 12.9. The molecule has 0 atom stereocenters. The first-order chi connectivity index (χ1) is 8.51. The summed E-state index contributed by atoms with van der Waals surface area (Å²) < 4.78 is 26.3. The standard InChI is InChI=1S/C10H12N4O2S2/c1-7-3-5-8(6-4-7)18(15,16)14-9-11-10(17-2)13-12-9/h3-6H,1-2H3,(H2,11,12,13,14). The third-order valence-corrected chi connectivity index (χ3v) is 4.11. The van der Waals surface area contributed by atoms with Gasteiger partial charge in [0.15, 0.2) is 0 Å². The van der Waals surface area contributed by atoms with Crippen LogP contribution in [0.15, 0.2) is 34.3 Å². The lowest BCUT2D eigenvalue weighted by atomic mass is 10.2. The van der Waals surface area contributed by atoms with Crippen molar-refractivity contribution in [2.24, 2.45) is 0 Å². The number of aromatic nitrogens is 3. The zero-order valence-electron chi connectivity index (χ0n) is 9.84. The molecule has 2 aromatic rings. The van der Waals surface area contributed by atoms with Crippen LogP contribution in [-0.4, -0.2) is 29.9 Å². The van der Waals surface area contributed by atoms with Crippen LogP contribution in [0.2, 0.25) is 0 Å². The first-order valence-corrected chi connectivity index (χ1v) is 7.78. The van der Waals surface area contributed by atoms with Gasteiger partial charge in [0, 0.05) is 0 Å². The van der Waals surface area contributed by atoms with Gasteiger partial charge in [0.2, 0.25) is 11.1 Å². The lowest BCUT2D eigenvalue weighted by Gasteiger charge is -2.04. The number of thioether (sulfide) groups is 1. The normalized spacial score (nSPS) is 11.4. The zero-order valence-corrected chi connectivity index (χ0v) is 11.5. The van der Waals surface area contributed by atoms with E-state index in [0.717, 1.165) is 5.56 Å². The lowest BCUT2D eigenvalue weighted by molar-refractivity contribution is 0.601. The maximum absolute atomic E-state index is 12.0. The summed E-state index contributed by atoms with van der Waals surface area (Å²) in [4.78, 5) is 4.15. The Balaban J connectivity index is 2.24. The van der Waals surface area contributed by atoms with Crippen LogP contribution < -0.4 is 4.72 Å². The van der Waals surface area contributed by atoms with Crippen molar-refractivity contribution < 1.29 is 8.42 Å². The second kappa shape index (κ2) is 4.99. The number of rotatable bonds is 4. The van der Waals surface area contributed by atoms with Crippen molar-refractivity contribution in [2.75, 3.05) is 11.0 Å². The van der Waals surface area contributed by atoms with Crippen LogP contribution in [0.25, 0.3) is 0 Å². The van der Waals surface area contributed by atoms with Gasteiger partial charge in [0.25, 0.3) is 10.0 Å². The Morgan fingerprint density at radius 2 is 1.94 bits per heavy atom. The summed E-state index contributed by atoms with van der Waals surface area (Å²) in [7, 11) is -3.62. The van der Waals surface area contributed by atoms with Gasteiger partial charge < -0.3 is 0 Å². The van der Waals surface area contributed by atoms with E-state index in [4.69, 9.17) is 0 Å². The number of aromatic amines is 1. The van der Waals surface area contributed by atoms with Crippen molar-refractivity contribution in [3.8, 4) is 0 Å². The minimum absolute atomic E-state index is 0.111. The van der Waals surface area contributed by atoms with Crippen LogP contribution in [0, 0.1) is 6.92 Å². The highest BCUT2D eigenvalue weighted by atomic mass is 32.2. The Bertz CT molecular complexity index is 634. The van der Waals surface area contributed by atoms with Gasteiger partial charge in [-0.25, -0.2) is 18.2 Å². The molecule has 8 heteroatoms. The van der Waals surface area contributed by atoms with E-state index in [2.05, 4.69) is 19.9 Å². The van der Waals surface area contributed by atoms with Gasteiger partial charge >= 0.3 is 0 Å². The van der Waals surface area contributed by atoms with Crippen molar-refractivity contribution in [1.29, 1.82) is 0 Å². The average Bonchev–Trinajstić information content (AvgIpc) is 2.76. The number of benzene rings is 1. The maximum atomic E-state index is 12.0. The molecule has 0 saturated carbocycles. The van der Waals surface area contributed by atoms with Gasteiger partial charge in [-0.15, -0.1) is 5.10 Å². The van der Waals surface area contributed by atoms with Crippen LogP contribution in [-0.2, 0) is 10.0 Å². The predicted molar refractivity (Wildman–Crippen MR) is 70.2 cm³/mol. The summed E-state index contributed by atoms with van der Waals surface area (Å²) >= 11 is 1.33. The smallest absolute Gasteiger partial charge is 0.248 e. The van der Waals surface area contributed by atoms with Crippen LogP contribution >= 0.6 is 11.8 Å². The van der Waals surface area contributed by atoms with Crippen LogP contribution in [0.3, 0.4) is 0 Å². The van der Waals surface area contributed by atoms with E-state index in [1.54, 1.807) is 30.5 Å². The number of sulfonamides is 1. The molecule has 0 bridgehead atoms. The van der Waals surface area contributed by atoms with E-state index in [0.29, 0.717) is 5.16 Å². The molecule has 18 heavy (non-hydrogen) atoms. The summed E-state index contributed by atoms with van der Waals surface area (Å²) in [6.07, 6.45) is 1.81. The maximum Gasteiger partial charge on any atom is 0.264 e. The largest absolute Gasteiger partial charge is 0.264 e. The number of hydrogen-bond donors (Lipinski definition) is 2. The quantitative estimate of drug-likeness (QED) is 0.833. The SMILES string of the molecule is CSc1n[nH]c(NS(=O)(=O)c2ccc(C)cc2)n1. The number of anilines is 1. The molecule has 96 valence electrons. The molecular weight excluding hydrogens is 272 g/mol. The Morgan fingerprint density at radius 3 is 2.50 bits per heavy atom. The van der Waals surface area contributed by atoms with Crippen LogP contribution in [0.5, 0.6) is 0 Å². The summed E-state index contributed by atoms with van der Waals surface area (Å²) in [5, 5.41) is 6.83. The minimum atomic E-state index is -3.62. The van der Waals surface area contributed by atoms with E-state index in [9.17, 15) is 8.42 Å². The summed E-state index contributed by atoms with van der Waals surface area (Å²) in [5.41, 5.74) is 0.998. The molecule has 0 aliphatic carbocycles. The second-order valence-electron chi connectivity index (χ2n) is 3.59. The third kappa shape index (κ3) is 2.82. The van der Waals surface area contributed by atoms with Gasteiger partial charge in [0.05, 0.1) is 4.90 Å². The summed E-state index contributed by atoms with van der Waals surface area (Å²) in [6, 6.07) is 6.57. The molecule has 0 radical (unpaired) electrons.